The topological polar surface area (TPSA) is 4.93 Å². The second-order valence-corrected chi connectivity index (χ2v) is 11.2. The lowest BCUT2D eigenvalue weighted by molar-refractivity contribution is 0.650. The molecule has 0 spiro atoms. The molecule has 1 atom stereocenters. The Labute approximate surface area is 225 Å². The molecule has 0 bridgehead atoms. The normalized spacial score (nSPS) is 15.6. The van der Waals surface area contributed by atoms with E-state index in [-0.39, 0.29) is 6.04 Å². The maximum absolute atomic E-state index is 2.52. The molecule has 0 amide bonds. The number of aromatic nitrogens is 1. The Bertz CT molecular complexity index is 2010. The van der Waals surface area contributed by atoms with E-state index in [0.29, 0.717) is 0 Å². The molecule has 1 aliphatic carbocycles. The van der Waals surface area contributed by atoms with Crippen LogP contribution >= 0.6 is 11.3 Å². The fourth-order valence-electron chi connectivity index (χ4n) is 6.13. The van der Waals surface area contributed by atoms with Crippen molar-refractivity contribution in [3.8, 4) is 11.1 Å². The van der Waals surface area contributed by atoms with Gasteiger partial charge < -0.3 is 4.57 Å². The SMILES string of the molecule is C1=CC(c2cccc(-c3ccc4sc5ccccc5c4c3)c2)=CC(n2c3ccccc3c3ccccc32)C1. The van der Waals surface area contributed by atoms with Gasteiger partial charge in [0, 0.05) is 42.0 Å². The molecule has 2 heterocycles. The summed E-state index contributed by atoms with van der Waals surface area (Å²) in [5.74, 6) is 0. The molecular weight excluding hydrogens is 478 g/mol. The second kappa shape index (κ2) is 8.58. The maximum atomic E-state index is 2.52. The van der Waals surface area contributed by atoms with E-state index in [1.165, 1.54) is 64.2 Å². The molecule has 180 valence electrons. The van der Waals surface area contributed by atoms with Crippen molar-refractivity contribution in [1.29, 1.82) is 0 Å². The van der Waals surface area contributed by atoms with Crippen LogP contribution in [0.25, 0.3) is 58.7 Å². The van der Waals surface area contributed by atoms with Gasteiger partial charge in [0.15, 0.2) is 0 Å². The Kier molecular flexibility index (Phi) is 4.89. The molecule has 0 radical (unpaired) electrons. The largest absolute Gasteiger partial charge is 0.333 e. The average molecular weight is 504 g/mol. The van der Waals surface area contributed by atoms with Crippen molar-refractivity contribution in [3.05, 3.63) is 139 Å². The molecule has 2 heteroatoms. The Morgan fingerprint density at radius 2 is 1.21 bits per heavy atom. The molecule has 1 nitrogen and oxygen atoms in total. The summed E-state index contributed by atoms with van der Waals surface area (Å²) < 4.78 is 5.22. The summed E-state index contributed by atoms with van der Waals surface area (Å²) in [5.41, 5.74) is 7.67. The van der Waals surface area contributed by atoms with Crippen LogP contribution in [0.2, 0.25) is 0 Å². The number of para-hydroxylation sites is 2. The van der Waals surface area contributed by atoms with Crippen LogP contribution in [-0.4, -0.2) is 4.57 Å². The molecule has 5 aromatic carbocycles. The Morgan fingerprint density at radius 1 is 0.553 bits per heavy atom. The van der Waals surface area contributed by atoms with Gasteiger partial charge in [0.1, 0.15) is 0 Å². The summed E-state index contributed by atoms with van der Waals surface area (Å²) in [7, 11) is 0. The monoisotopic (exact) mass is 503 g/mol. The van der Waals surface area contributed by atoms with Crippen LogP contribution in [0, 0.1) is 0 Å². The standard InChI is InChI=1S/C36H25NS/c1-4-16-33-29(13-1)30-14-2-5-17-34(30)37(33)28-12-8-11-26(22-28)24-9-7-10-25(21-24)27-19-20-36-32(23-27)31-15-3-6-18-35(31)38-36/h1-11,13-23,28H,12H2. The number of hydrogen-bond donors (Lipinski definition) is 0. The zero-order valence-corrected chi connectivity index (χ0v) is 21.7. The van der Waals surface area contributed by atoms with Gasteiger partial charge in [-0.2, -0.15) is 0 Å². The molecule has 8 rings (SSSR count). The highest BCUT2D eigenvalue weighted by Crippen LogP contribution is 2.39. The molecular formula is C36H25NS. The molecule has 2 aromatic heterocycles. The third-order valence-electron chi connectivity index (χ3n) is 7.90. The van der Waals surface area contributed by atoms with E-state index in [9.17, 15) is 0 Å². The quantitative estimate of drug-likeness (QED) is 0.226. The van der Waals surface area contributed by atoms with Crippen molar-refractivity contribution in [1.82, 2.24) is 4.57 Å². The van der Waals surface area contributed by atoms with Gasteiger partial charge in [-0.05, 0) is 65.1 Å². The third-order valence-corrected chi connectivity index (χ3v) is 9.05. The smallest absolute Gasteiger partial charge is 0.0566 e. The molecule has 0 N–H and O–H groups in total. The number of hydrogen-bond acceptors (Lipinski definition) is 1. The lowest BCUT2D eigenvalue weighted by Gasteiger charge is -2.21. The third kappa shape index (κ3) is 3.38. The average Bonchev–Trinajstić information content (AvgIpc) is 3.53. The lowest BCUT2D eigenvalue weighted by atomic mass is 9.93. The Morgan fingerprint density at radius 3 is 2.03 bits per heavy atom. The van der Waals surface area contributed by atoms with Gasteiger partial charge >= 0.3 is 0 Å². The van der Waals surface area contributed by atoms with E-state index in [1.54, 1.807) is 0 Å². The number of allylic oxidation sites excluding steroid dienone is 4. The van der Waals surface area contributed by atoms with Gasteiger partial charge in [0.2, 0.25) is 0 Å². The summed E-state index contributed by atoms with van der Waals surface area (Å²) in [6.07, 6.45) is 8.07. The van der Waals surface area contributed by atoms with Crippen molar-refractivity contribution in [3.63, 3.8) is 0 Å². The van der Waals surface area contributed by atoms with Gasteiger partial charge in [-0.3, -0.25) is 0 Å². The highest BCUT2D eigenvalue weighted by molar-refractivity contribution is 7.25. The summed E-state index contributed by atoms with van der Waals surface area (Å²) >= 11 is 1.87. The van der Waals surface area contributed by atoms with Crippen LogP contribution < -0.4 is 0 Å². The van der Waals surface area contributed by atoms with Crippen LogP contribution in [0.3, 0.4) is 0 Å². The summed E-state index contributed by atoms with van der Waals surface area (Å²) in [6, 6.07) is 42.5. The number of fused-ring (bicyclic) bond motifs is 6. The lowest BCUT2D eigenvalue weighted by Crippen LogP contribution is -2.08. The number of benzene rings is 5. The van der Waals surface area contributed by atoms with Crippen LogP contribution in [0.5, 0.6) is 0 Å². The van der Waals surface area contributed by atoms with Crippen LogP contribution in [0.15, 0.2) is 133 Å². The summed E-state index contributed by atoms with van der Waals surface area (Å²) in [4.78, 5) is 0. The molecule has 1 unspecified atom stereocenters. The molecule has 1 aliphatic rings. The van der Waals surface area contributed by atoms with Crippen molar-refractivity contribution in [2.45, 2.75) is 12.5 Å². The molecule has 0 saturated heterocycles. The summed E-state index contributed by atoms with van der Waals surface area (Å²) in [5, 5.41) is 5.34. The van der Waals surface area contributed by atoms with E-state index in [1.807, 2.05) is 11.3 Å². The number of rotatable bonds is 3. The highest BCUT2D eigenvalue weighted by atomic mass is 32.1. The zero-order chi connectivity index (χ0) is 25.1. The first-order chi connectivity index (χ1) is 18.8. The fourth-order valence-corrected chi connectivity index (χ4v) is 7.22. The van der Waals surface area contributed by atoms with Crippen molar-refractivity contribution in [2.24, 2.45) is 0 Å². The van der Waals surface area contributed by atoms with E-state index in [2.05, 4.69) is 138 Å². The van der Waals surface area contributed by atoms with Gasteiger partial charge in [-0.1, -0.05) is 97.1 Å². The second-order valence-electron chi connectivity index (χ2n) is 10.1. The maximum Gasteiger partial charge on any atom is 0.0566 e. The van der Waals surface area contributed by atoms with Gasteiger partial charge in [0.25, 0.3) is 0 Å². The van der Waals surface area contributed by atoms with Crippen LogP contribution in [-0.2, 0) is 0 Å². The molecule has 0 fully saturated rings. The van der Waals surface area contributed by atoms with E-state index in [4.69, 9.17) is 0 Å². The molecule has 0 aliphatic heterocycles. The summed E-state index contributed by atoms with van der Waals surface area (Å²) in [6.45, 7) is 0. The minimum absolute atomic E-state index is 0.275. The van der Waals surface area contributed by atoms with Gasteiger partial charge in [-0.15, -0.1) is 11.3 Å². The predicted octanol–water partition coefficient (Wildman–Crippen LogP) is 10.4. The fraction of sp³-hybridized carbons (Fsp3) is 0.0556. The van der Waals surface area contributed by atoms with Crippen molar-refractivity contribution in [2.75, 3.05) is 0 Å². The molecule has 7 aromatic rings. The first-order valence-electron chi connectivity index (χ1n) is 13.2. The zero-order valence-electron chi connectivity index (χ0n) is 20.8. The van der Waals surface area contributed by atoms with Gasteiger partial charge in [0.05, 0.1) is 6.04 Å². The van der Waals surface area contributed by atoms with Crippen molar-refractivity contribution >= 4 is 58.9 Å². The van der Waals surface area contributed by atoms with E-state index < -0.39 is 0 Å². The number of thiophene rings is 1. The first-order valence-corrected chi connectivity index (χ1v) is 14.0. The van der Waals surface area contributed by atoms with Crippen LogP contribution in [0.4, 0.5) is 0 Å². The number of nitrogens with zero attached hydrogens (tertiary/aromatic N) is 1. The van der Waals surface area contributed by atoms with Gasteiger partial charge in [-0.25, -0.2) is 0 Å². The van der Waals surface area contributed by atoms with E-state index in [0.717, 1.165) is 6.42 Å². The highest BCUT2D eigenvalue weighted by Gasteiger charge is 2.18. The van der Waals surface area contributed by atoms with Crippen molar-refractivity contribution < 1.29 is 0 Å². The predicted molar refractivity (Wildman–Crippen MR) is 165 cm³/mol. The first kappa shape index (κ1) is 21.7. The molecule has 38 heavy (non-hydrogen) atoms. The molecule has 0 saturated carbocycles. The Hall–Kier alpha value is -4.40. The minimum Gasteiger partial charge on any atom is -0.333 e. The minimum atomic E-state index is 0.275. The van der Waals surface area contributed by atoms with E-state index >= 15 is 0 Å². The van der Waals surface area contributed by atoms with Crippen LogP contribution in [0.1, 0.15) is 18.0 Å². The Balaban J connectivity index is 1.22.